The minimum atomic E-state index is -0.282. The van der Waals surface area contributed by atoms with Gasteiger partial charge < -0.3 is 14.2 Å². The maximum absolute atomic E-state index is 6.04. The van der Waals surface area contributed by atoms with Gasteiger partial charge in [-0.25, -0.2) is 0 Å². The quantitative estimate of drug-likeness (QED) is 0.247. The highest BCUT2D eigenvalue weighted by Gasteiger charge is 2.08. The van der Waals surface area contributed by atoms with Crippen LogP contribution in [0.2, 0.25) is 0 Å². The summed E-state index contributed by atoms with van der Waals surface area (Å²) < 4.78 is 17.8. The van der Waals surface area contributed by atoms with Crippen LogP contribution in [0.25, 0.3) is 0 Å². The zero-order valence-corrected chi connectivity index (χ0v) is 18.2. The minimum Gasteiger partial charge on any atom is -0.465 e. The van der Waals surface area contributed by atoms with Gasteiger partial charge in [-0.15, -0.1) is 0 Å². The second-order valence-corrected chi connectivity index (χ2v) is 7.56. The highest BCUT2D eigenvalue weighted by Crippen LogP contribution is 2.26. The lowest BCUT2D eigenvalue weighted by atomic mass is 9.99. The number of ether oxygens (including phenoxy) is 3. The first-order chi connectivity index (χ1) is 14.7. The normalized spacial score (nSPS) is 12.9. The first-order valence-electron chi connectivity index (χ1n) is 10.8. The summed E-state index contributed by atoms with van der Waals surface area (Å²) in [5, 5.41) is 0. The molecule has 3 aromatic carbocycles. The Balaban J connectivity index is 1.44. The third-order valence-electron chi connectivity index (χ3n) is 5.25. The van der Waals surface area contributed by atoms with E-state index in [0.29, 0.717) is 12.5 Å². The van der Waals surface area contributed by atoms with Gasteiger partial charge in [-0.2, -0.15) is 0 Å². The van der Waals surface area contributed by atoms with Crippen LogP contribution < -0.4 is 9.47 Å². The van der Waals surface area contributed by atoms with E-state index in [2.05, 4.69) is 32.0 Å². The molecule has 0 heterocycles. The van der Waals surface area contributed by atoms with Crippen LogP contribution in [0.3, 0.4) is 0 Å². The molecule has 0 saturated carbocycles. The van der Waals surface area contributed by atoms with Crippen LogP contribution >= 0.6 is 0 Å². The summed E-state index contributed by atoms with van der Waals surface area (Å²) in [6, 6.07) is 26.4. The Labute approximate surface area is 180 Å². The number of hydrogen-bond acceptors (Lipinski definition) is 3. The van der Waals surface area contributed by atoms with Crippen molar-refractivity contribution in [3.05, 3.63) is 90.0 Å². The van der Waals surface area contributed by atoms with Gasteiger partial charge in [0.15, 0.2) is 6.29 Å². The molecule has 0 fully saturated rings. The predicted octanol–water partition coefficient (Wildman–Crippen LogP) is 7.37. The standard InChI is InChI=1S/C27H32O3/c1-4-21(2)23-16-18-26(19-17-23)29-22(3)28-20-10-12-24-11-8-9-15-27(24)30-25-13-6-5-7-14-25/h5-9,11,13-19,21-22H,4,10,12,20H2,1-3H3. The first kappa shape index (κ1) is 21.9. The van der Waals surface area contributed by atoms with Gasteiger partial charge >= 0.3 is 0 Å². The highest BCUT2D eigenvalue weighted by molar-refractivity contribution is 5.37. The van der Waals surface area contributed by atoms with Crippen molar-refractivity contribution in [1.29, 1.82) is 0 Å². The van der Waals surface area contributed by atoms with Crippen molar-refractivity contribution in [2.75, 3.05) is 6.61 Å². The Kier molecular flexibility index (Phi) is 8.34. The third kappa shape index (κ3) is 6.64. The lowest BCUT2D eigenvalue weighted by molar-refractivity contribution is -0.0672. The largest absolute Gasteiger partial charge is 0.465 e. The van der Waals surface area contributed by atoms with Crippen LogP contribution in [-0.2, 0) is 11.2 Å². The number of rotatable bonds is 11. The van der Waals surface area contributed by atoms with Gasteiger partial charge in [-0.3, -0.25) is 0 Å². The molecule has 3 aromatic rings. The highest BCUT2D eigenvalue weighted by atomic mass is 16.7. The molecule has 0 bridgehead atoms. The Hall–Kier alpha value is -2.78. The Morgan fingerprint density at radius 1 is 0.767 bits per heavy atom. The van der Waals surface area contributed by atoms with E-state index >= 15 is 0 Å². The minimum absolute atomic E-state index is 0.282. The fourth-order valence-corrected chi connectivity index (χ4v) is 3.27. The van der Waals surface area contributed by atoms with Gasteiger partial charge in [0.05, 0.1) is 6.61 Å². The van der Waals surface area contributed by atoms with Crippen LogP contribution in [0.5, 0.6) is 17.2 Å². The summed E-state index contributed by atoms with van der Waals surface area (Å²) >= 11 is 0. The molecule has 0 N–H and O–H groups in total. The van der Waals surface area contributed by atoms with Gasteiger partial charge in [-0.05, 0) is 73.6 Å². The Morgan fingerprint density at radius 3 is 2.20 bits per heavy atom. The monoisotopic (exact) mass is 404 g/mol. The molecule has 0 aliphatic heterocycles. The van der Waals surface area contributed by atoms with Gasteiger partial charge in [0, 0.05) is 0 Å². The van der Waals surface area contributed by atoms with Crippen molar-refractivity contribution in [3.8, 4) is 17.2 Å². The van der Waals surface area contributed by atoms with E-state index in [1.54, 1.807) is 0 Å². The van der Waals surface area contributed by atoms with Crippen molar-refractivity contribution < 1.29 is 14.2 Å². The number of aryl methyl sites for hydroxylation is 1. The number of benzene rings is 3. The summed E-state index contributed by atoms with van der Waals surface area (Å²) in [6.45, 7) is 7.02. The average Bonchev–Trinajstić information content (AvgIpc) is 2.78. The molecule has 2 atom stereocenters. The molecule has 3 nitrogen and oxygen atoms in total. The maximum atomic E-state index is 6.04. The zero-order valence-electron chi connectivity index (χ0n) is 18.2. The molecule has 3 rings (SSSR count). The molecule has 3 heteroatoms. The zero-order chi connectivity index (χ0) is 21.2. The lowest BCUT2D eigenvalue weighted by Crippen LogP contribution is -2.17. The predicted molar refractivity (Wildman–Crippen MR) is 122 cm³/mol. The van der Waals surface area contributed by atoms with E-state index in [9.17, 15) is 0 Å². The molecule has 0 spiro atoms. The molecule has 2 unspecified atom stereocenters. The van der Waals surface area contributed by atoms with E-state index in [1.165, 1.54) is 11.1 Å². The Morgan fingerprint density at radius 2 is 1.47 bits per heavy atom. The molecule has 0 radical (unpaired) electrons. The topological polar surface area (TPSA) is 27.7 Å². The van der Waals surface area contributed by atoms with Crippen molar-refractivity contribution in [2.24, 2.45) is 0 Å². The SMILES string of the molecule is CCC(C)c1ccc(OC(C)OCCCc2ccccc2Oc2ccccc2)cc1. The third-order valence-corrected chi connectivity index (χ3v) is 5.25. The van der Waals surface area contributed by atoms with E-state index in [1.807, 2.05) is 67.6 Å². The van der Waals surface area contributed by atoms with E-state index in [4.69, 9.17) is 14.2 Å². The van der Waals surface area contributed by atoms with E-state index in [-0.39, 0.29) is 6.29 Å². The second-order valence-electron chi connectivity index (χ2n) is 7.56. The molecule has 0 amide bonds. The van der Waals surface area contributed by atoms with Crippen LogP contribution in [-0.4, -0.2) is 12.9 Å². The summed E-state index contributed by atoms with van der Waals surface area (Å²) in [6.07, 6.45) is 2.64. The Bertz CT molecular complexity index is 874. The smallest absolute Gasteiger partial charge is 0.196 e. The number of hydrogen-bond donors (Lipinski definition) is 0. The molecule has 158 valence electrons. The fraction of sp³-hybridized carbons (Fsp3) is 0.333. The van der Waals surface area contributed by atoms with E-state index < -0.39 is 0 Å². The molecular weight excluding hydrogens is 372 g/mol. The maximum Gasteiger partial charge on any atom is 0.196 e. The van der Waals surface area contributed by atoms with Crippen molar-refractivity contribution in [2.45, 2.75) is 52.2 Å². The van der Waals surface area contributed by atoms with Crippen LogP contribution in [0.15, 0.2) is 78.9 Å². The van der Waals surface area contributed by atoms with Crippen molar-refractivity contribution in [1.82, 2.24) is 0 Å². The molecule has 30 heavy (non-hydrogen) atoms. The molecule has 0 aliphatic carbocycles. The molecule has 0 saturated heterocycles. The van der Waals surface area contributed by atoms with Gasteiger partial charge in [0.2, 0.25) is 0 Å². The first-order valence-corrected chi connectivity index (χ1v) is 10.8. The van der Waals surface area contributed by atoms with Crippen LogP contribution in [0, 0.1) is 0 Å². The molecule has 0 aromatic heterocycles. The van der Waals surface area contributed by atoms with Crippen molar-refractivity contribution >= 4 is 0 Å². The number of para-hydroxylation sites is 2. The summed E-state index contributed by atoms with van der Waals surface area (Å²) in [5.74, 6) is 3.16. The summed E-state index contributed by atoms with van der Waals surface area (Å²) in [7, 11) is 0. The van der Waals surface area contributed by atoms with Crippen LogP contribution in [0.4, 0.5) is 0 Å². The summed E-state index contributed by atoms with van der Waals surface area (Å²) in [4.78, 5) is 0. The average molecular weight is 405 g/mol. The second kappa shape index (κ2) is 11.4. The fourth-order valence-electron chi connectivity index (χ4n) is 3.27. The molecule has 0 aliphatic rings. The molecular formula is C27H32O3. The lowest BCUT2D eigenvalue weighted by Gasteiger charge is -2.17. The van der Waals surface area contributed by atoms with Gasteiger partial charge in [0.25, 0.3) is 0 Å². The van der Waals surface area contributed by atoms with E-state index in [0.717, 1.165) is 36.5 Å². The van der Waals surface area contributed by atoms with Gasteiger partial charge in [-0.1, -0.05) is 62.4 Å². The van der Waals surface area contributed by atoms with Gasteiger partial charge in [0.1, 0.15) is 17.2 Å². The van der Waals surface area contributed by atoms with Crippen molar-refractivity contribution in [3.63, 3.8) is 0 Å². The van der Waals surface area contributed by atoms with Crippen LogP contribution in [0.1, 0.15) is 50.7 Å². The summed E-state index contributed by atoms with van der Waals surface area (Å²) in [5.41, 5.74) is 2.52.